The standard InChI is InChI=1S/C14H24N2OSi/c1-4-8-15(9-5-2)12-13-16(10-6-3)11-7-14-18-17/h1,3,18H,5,7-14H2,2H3. The van der Waals surface area contributed by atoms with Crippen LogP contribution in [0.2, 0.25) is 6.04 Å². The van der Waals surface area contributed by atoms with Crippen LogP contribution in [0, 0.1) is 24.7 Å². The van der Waals surface area contributed by atoms with E-state index < -0.39 is 9.41 Å². The number of nitrogens with zero attached hydrogens (tertiary/aromatic N) is 2. The monoisotopic (exact) mass is 264 g/mol. The molecule has 0 spiro atoms. The summed E-state index contributed by atoms with van der Waals surface area (Å²) in [5.41, 5.74) is 0. The van der Waals surface area contributed by atoms with Crippen molar-refractivity contribution < 1.29 is 4.46 Å². The highest BCUT2D eigenvalue weighted by Crippen LogP contribution is 1.97. The quantitative estimate of drug-likeness (QED) is 0.314. The largest absolute Gasteiger partial charge is 0.392 e. The van der Waals surface area contributed by atoms with E-state index in [-0.39, 0.29) is 0 Å². The van der Waals surface area contributed by atoms with Crippen LogP contribution in [0.3, 0.4) is 0 Å². The maximum atomic E-state index is 10.5. The van der Waals surface area contributed by atoms with Crippen LogP contribution in [0.25, 0.3) is 0 Å². The topological polar surface area (TPSA) is 23.6 Å². The number of hydrogen-bond donors (Lipinski definition) is 0. The van der Waals surface area contributed by atoms with Crippen LogP contribution in [0.5, 0.6) is 0 Å². The number of hydrogen-bond acceptors (Lipinski definition) is 3. The summed E-state index contributed by atoms with van der Waals surface area (Å²) in [5.74, 6) is 5.37. The van der Waals surface area contributed by atoms with Crippen molar-refractivity contribution in [3.8, 4) is 24.7 Å². The Kier molecular flexibility index (Phi) is 11.9. The number of terminal acetylenes is 2. The zero-order chi connectivity index (χ0) is 13.6. The van der Waals surface area contributed by atoms with E-state index in [4.69, 9.17) is 12.8 Å². The van der Waals surface area contributed by atoms with Gasteiger partial charge in [-0.3, -0.25) is 9.80 Å². The molecule has 0 aliphatic carbocycles. The van der Waals surface area contributed by atoms with Crippen LogP contribution >= 0.6 is 0 Å². The summed E-state index contributed by atoms with van der Waals surface area (Å²) in [6.45, 7) is 7.34. The molecule has 0 N–H and O–H groups in total. The van der Waals surface area contributed by atoms with E-state index in [2.05, 4.69) is 28.6 Å². The van der Waals surface area contributed by atoms with Gasteiger partial charge in [-0.05, 0) is 32.0 Å². The smallest absolute Gasteiger partial charge is 0.261 e. The zero-order valence-electron chi connectivity index (χ0n) is 11.4. The first-order valence-corrected chi connectivity index (χ1v) is 7.82. The maximum absolute atomic E-state index is 10.5. The van der Waals surface area contributed by atoms with Crippen molar-refractivity contribution in [1.29, 1.82) is 0 Å². The maximum Gasteiger partial charge on any atom is 0.261 e. The van der Waals surface area contributed by atoms with E-state index in [9.17, 15) is 4.46 Å². The van der Waals surface area contributed by atoms with Crippen LogP contribution in [0.4, 0.5) is 0 Å². The van der Waals surface area contributed by atoms with Gasteiger partial charge >= 0.3 is 0 Å². The van der Waals surface area contributed by atoms with Crippen LogP contribution in [-0.2, 0) is 4.46 Å². The van der Waals surface area contributed by atoms with E-state index in [1.807, 2.05) is 0 Å². The molecule has 0 radical (unpaired) electrons. The zero-order valence-corrected chi connectivity index (χ0v) is 12.6. The van der Waals surface area contributed by atoms with Gasteiger partial charge in [-0.2, -0.15) is 0 Å². The van der Waals surface area contributed by atoms with E-state index in [0.717, 1.165) is 45.1 Å². The van der Waals surface area contributed by atoms with E-state index >= 15 is 0 Å². The molecule has 100 valence electrons. The summed E-state index contributed by atoms with van der Waals surface area (Å²) in [6.07, 6.45) is 12.8. The summed E-state index contributed by atoms with van der Waals surface area (Å²) in [5, 5.41) is 0. The van der Waals surface area contributed by atoms with Crippen molar-refractivity contribution >= 4 is 9.41 Å². The average Bonchev–Trinajstić information content (AvgIpc) is 2.36. The molecule has 0 aliphatic rings. The molecule has 0 aliphatic heterocycles. The van der Waals surface area contributed by atoms with Crippen molar-refractivity contribution in [1.82, 2.24) is 9.80 Å². The van der Waals surface area contributed by atoms with Gasteiger partial charge in [0.2, 0.25) is 0 Å². The molecular weight excluding hydrogens is 240 g/mol. The van der Waals surface area contributed by atoms with E-state index in [1.165, 1.54) is 0 Å². The van der Waals surface area contributed by atoms with Gasteiger partial charge in [0.25, 0.3) is 9.41 Å². The molecule has 0 amide bonds. The molecule has 0 fully saturated rings. The first kappa shape index (κ1) is 17.1. The molecule has 3 nitrogen and oxygen atoms in total. The lowest BCUT2D eigenvalue weighted by atomic mass is 10.3. The molecule has 4 heteroatoms. The molecule has 0 aromatic rings. The fourth-order valence-electron chi connectivity index (χ4n) is 1.80. The summed E-state index contributed by atoms with van der Waals surface area (Å²) in [7, 11) is -0.631. The molecule has 0 aromatic carbocycles. The lowest BCUT2D eigenvalue weighted by Gasteiger charge is -2.24. The first-order valence-electron chi connectivity index (χ1n) is 6.53. The predicted molar refractivity (Wildman–Crippen MR) is 78.1 cm³/mol. The van der Waals surface area contributed by atoms with Crippen molar-refractivity contribution in [3.63, 3.8) is 0 Å². The molecule has 0 unspecified atom stereocenters. The molecule has 0 saturated heterocycles. The molecule has 0 bridgehead atoms. The molecule has 0 rings (SSSR count). The molecule has 0 heterocycles. The first-order chi connectivity index (χ1) is 8.78. The highest BCUT2D eigenvalue weighted by Gasteiger charge is 2.07. The van der Waals surface area contributed by atoms with E-state index in [1.54, 1.807) is 0 Å². The third-order valence-electron chi connectivity index (χ3n) is 2.70. The molecule has 0 atom stereocenters. The fourth-order valence-corrected chi connectivity index (χ4v) is 2.14. The van der Waals surface area contributed by atoms with Crippen LogP contribution < -0.4 is 0 Å². The van der Waals surface area contributed by atoms with Crippen LogP contribution in [0.1, 0.15) is 19.8 Å². The van der Waals surface area contributed by atoms with E-state index in [0.29, 0.717) is 13.1 Å². The Morgan fingerprint density at radius 2 is 1.56 bits per heavy atom. The summed E-state index contributed by atoms with van der Waals surface area (Å²) >= 11 is 0. The number of rotatable bonds is 11. The van der Waals surface area contributed by atoms with Gasteiger partial charge in [-0.1, -0.05) is 18.8 Å². The summed E-state index contributed by atoms with van der Waals surface area (Å²) in [4.78, 5) is 4.50. The van der Waals surface area contributed by atoms with Crippen LogP contribution in [-0.4, -0.2) is 58.5 Å². The van der Waals surface area contributed by atoms with Gasteiger partial charge in [0.1, 0.15) is 0 Å². The SMILES string of the molecule is C#CCN(CCC)CCN(CC#C)CCC[SiH]=O. The summed E-state index contributed by atoms with van der Waals surface area (Å²) < 4.78 is 10.5. The van der Waals surface area contributed by atoms with Gasteiger partial charge in [-0.25, -0.2) is 0 Å². The average molecular weight is 264 g/mol. The highest BCUT2D eigenvalue weighted by atomic mass is 28.2. The lowest BCUT2D eigenvalue weighted by Crippen LogP contribution is -2.36. The predicted octanol–water partition coefficient (Wildman–Crippen LogP) is 0.857. The second-order valence-corrected chi connectivity index (χ2v) is 5.18. The van der Waals surface area contributed by atoms with Crippen LogP contribution in [0.15, 0.2) is 0 Å². The Labute approximate surface area is 114 Å². The summed E-state index contributed by atoms with van der Waals surface area (Å²) in [6, 6.07) is 0.810. The molecule has 0 saturated carbocycles. The third-order valence-corrected chi connectivity index (χ3v) is 3.34. The Bertz CT molecular complexity index is 293. The van der Waals surface area contributed by atoms with Crippen molar-refractivity contribution in [2.75, 3.05) is 39.3 Å². The Balaban J connectivity index is 4.02. The van der Waals surface area contributed by atoms with Crippen molar-refractivity contribution in [3.05, 3.63) is 0 Å². The highest BCUT2D eigenvalue weighted by molar-refractivity contribution is 6.16. The minimum atomic E-state index is -0.631. The van der Waals surface area contributed by atoms with Crippen molar-refractivity contribution in [2.24, 2.45) is 0 Å². The minimum Gasteiger partial charge on any atom is -0.392 e. The third kappa shape index (κ3) is 9.12. The van der Waals surface area contributed by atoms with Gasteiger partial charge in [0.15, 0.2) is 0 Å². The normalized spacial score (nSPS) is 10.3. The molecule has 18 heavy (non-hydrogen) atoms. The lowest BCUT2D eigenvalue weighted by molar-refractivity contribution is 0.231. The van der Waals surface area contributed by atoms with Gasteiger partial charge < -0.3 is 4.46 Å². The van der Waals surface area contributed by atoms with Gasteiger partial charge in [0.05, 0.1) is 13.1 Å². The second kappa shape index (κ2) is 12.5. The van der Waals surface area contributed by atoms with Gasteiger partial charge in [0, 0.05) is 13.1 Å². The minimum absolute atomic E-state index is 0.631. The fraction of sp³-hybridized carbons (Fsp3) is 0.714. The Morgan fingerprint density at radius 3 is 2.00 bits per heavy atom. The second-order valence-electron chi connectivity index (χ2n) is 4.27. The Hall–Kier alpha value is -0.943. The molecule has 0 aromatic heterocycles. The molecular formula is C14H24N2OSi. The Morgan fingerprint density at radius 1 is 1.00 bits per heavy atom. The van der Waals surface area contributed by atoms with Gasteiger partial charge in [-0.15, -0.1) is 12.8 Å². The van der Waals surface area contributed by atoms with Crippen molar-refractivity contribution in [2.45, 2.75) is 25.8 Å².